The summed E-state index contributed by atoms with van der Waals surface area (Å²) < 4.78 is 93.6. The van der Waals surface area contributed by atoms with Gasteiger partial charge in [0, 0.05) is 33.2 Å². The van der Waals surface area contributed by atoms with Crippen molar-refractivity contribution in [1.29, 1.82) is 0 Å². The van der Waals surface area contributed by atoms with E-state index < -0.39 is 62.1 Å². The van der Waals surface area contributed by atoms with Crippen molar-refractivity contribution in [2.45, 2.75) is 18.8 Å². The highest BCUT2D eigenvalue weighted by Crippen LogP contribution is 2.21. The van der Waals surface area contributed by atoms with Crippen molar-refractivity contribution < 1.29 is 24.6 Å². The number of rotatable bonds is 5. The van der Waals surface area contributed by atoms with Crippen LogP contribution in [0.4, 0.5) is 4.79 Å². The molecule has 1 aliphatic rings. The average molecular weight is 298 g/mol. The number of nitrogens with zero attached hydrogens (tertiary/aromatic N) is 1. The van der Waals surface area contributed by atoms with Gasteiger partial charge in [-0.2, -0.15) is 0 Å². The summed E-state index contributed by atoms with van der Waals surface area (Å²) in [5.74, 6) is 0. The fraction of sp³-hybridized carbons (Fsp3) is 0.438. The molecule has 0 saturated carbocycles. The Balaban J connectivity index is 2.21. The minimum Gasteiger partial charge on any atom is -0.447 e. The van der Waals surface area contributed by atoms with Crippen molar-refractivity contribution in [3.8, 4) is 0 Å². The summed E-state index contributed by atoms with van der Waals surface area (Å²) in [7, 11) is 1.05. The summed E-state index contributed by atoms with van der Waals surface area (Å²) in [6.07, 6.45) is -4.37. The van der Waals surface area contributed by atoms with E-state index in [4.69, 9.17) is 19.8 Å². The molecular weight excluding hydrogens is 266 g/mol. The molecule has 3 rings (SSSR count). The van der Waals surface area contributed by atoms with Gasteiger partial charge in [-0.3, -0.25) is 0 Å². The number of alkyl carbamates (subject to hydrolysis) is 1. The van der Waals surface area contributed by atoms with Gasteiger partial charge in [0.05, 0.1) is 11.5 Å². The van der Waals surface area contributed by atoms with Crippen LogP contribution in [0.2, 0.25) is 0 Å². The highest BCUT2D eigenvalue weighted by Gasteiger charge is 2.22. The Bertz CT molecular complexity index is 1080. The second-order valence-electron chi connectivity index (χ2n) is 4.56. The molecule has 5 heteroatoms. The molecule has 1 aliphatic heterocycles. The molecule has 1 aromatic carbocycles. The van der Waals surface area contributed by atoms with Gasteiger partial charge in [0.2, 0.25) is 0 Å². The van der Waals surface area contributed by atoms with Crippen molar-refractivity contribution in [1.82, 2.24) is 15.2 Å². The number of cyclic esters (lactones) is 1. The van der Waals surface area contributed by atoms with E-state index in [0.29, 0.717) is 4.90 Å². The number of hydrogen-bond acceptors (Lipinski definition) is 3. The first-order chi connectivity index (χ1) is 14.5. The monoisotopic (exact) mass is 298 g/mol. The lowest BCUT2D eigenvalue weighted by molar-refractivity contribution is 0.177. The van der Waals surface area contributed by atoms with Crippen LogP contribution in [0.1, 0.15) is 26.2 Å². The molecule has 112 valence electrons. The Hall–Kier alpha value is -2.01. The summed E-state index contributed by atoms with van der Waals surface area (Å²) in [4.78, 5) is 14.4. The van der Waals surface area contributed by atoms with Crippen LogP contribution in [0.5, 0.6) is 0 Å². The highest BCUT2D eigenvalue weighted by molar-refractivity contribution is 5.84. The fourth-order valence-electron chi connectivity index (χ4n) is 1.97. The zero-order valence-electron chi connectivity index (χ0n) is 22.3. The number of hydrogen-bond donors (Lipinski definition) is 2. The van der Waals surface area contributed by atoms with E-state index in [2.05, 4.69) is 10.3 Å². The molecular formula is C16H21N3O2. The van der Waals surface area contributed by atoms with Crippen LogP contribution in [0.3, 0.4) is 0 Å². The van der Waals surface area contributed by atoms with Gasteiger partial charge in [0.25, 0.3) is 0 Å². The summed E-state index contributed by atoms with van der Waals surface area (Å²) in [6, 6.07) is -2.91. The molecule has 2 aromatic rings. The number of aromatic nitrogens is 1. The minimum atomic E-state index is -2.78. The van der Waals surface area contributed by atoms with Crippen molar-refractivity contribution in [2.24, 2.45) is 0 Å². The van der Waals surface area contributed by atoms with E-state index in [1.54, 1.807) is 0 Å². The smallest absolute Gasteiger partial charge is 0.407 e. The maximum atomic E-state index is 11.4. The number of carbonyl (C=O) groups excluding carboxylic acids is 1. The van der Waals surface area contributed by atoms with Crippen molar-refractivity contribution in [2.75, 3.05) is 27.1 Å². The number of fused-ring (bicyclic) bond motifs is 1. The maximum Gasteiger partial charge on any atom is 0.407 e. The van der Waals surface area contributed by atoms with Crippen LogP contribution in [-0.2, 0) is 17.5 Å². The first-order valence-electron chi connectivity index (χ1n) is 11.8. The number of benzene rings is 1. The third kappa shape index (κ3) is 3.19. The minimum absolute atomic E-state index is 0.122. The van der Waals surface area contributed by atoms with E-state index in [1.807, 2.05) is 0 Å². The lowest BCUT2D eigenvalue weighted by Gasteiger charge is -2.09. The fourth-order valence-corrected chi connectivity index (χ4v) is 1.97. The third-order valence-electron chi connectivity index (χ3n) is 2.94. The van der Waals surface area contributed by atoms with Crippen LogP contribution in [0.25, 0.3) is 10.9 Å². The first kappa shape index (κ1) is 6.01. The van der Waals surface area contributed by atoms with Crippen LogP contribution >= 0.6 is 0 Å². The predicted octanol–water partition coefficient (Wildman–Crippen LogP) is 1.92. The van der Waals surface area contributed by atoms with E-state index in [0.717, 1.165) is 7.05 Å². The Morgan fingerprint density at radius 2 is 2.52 bits per heavy atom. The number of amides is 1. The number of nitrogens with one attached hydrogen (secondary N) is 2. The van der Waals surface area contributed by atoms with Gasteiger partial charge >= 0.3 is 6.09 Å². The van der Waals surface area contributed by atoms with Gasteiger partial charge in [-0.15, -0.1) is 0 Å². The normalized spacial score (nSPS) is 27.8. The average Bonchev–Trinajstić information content (AvgIpc) is 3.23. The molecule has 1 amide bonds. The molecule has 1 atom stereocenters. The molecule has 5 nitrogen and oxygen atoms in total. The molecule has 0 spiro atoms. The Labute approximate surface area is 139 Å². The second-order valence-corrected chi connectivity index (χ2v) is 4.56. The summed E-state index contributed by atoms with van der Waals surface area (Å²) >= 11 is 0. The predicted molar refractivity (Wildman–Crippen MR) is 82.5 cm³/mol. The molecule has 21 heavy (non-hydrogen) atoms. The maximum absolute atomic E-state index is 11.4. The molecule has 1 fully saturated rings. The number of aryl methyl sites for hydroxylation is 1. The van der Waals surface area contributed by atoms with Crippen LogP contribution in [0.15, 0.2) is 24.3 Å². The van der Waals surface area contributed by atoms with Gasteiger partial charge in [-0.25, -0.2) is 4.79 Å². The molecule has 2 N–H and O–H groups in total. The Morgan fingerprint density at radius 1 is 1.62 bits per heavy atom. The Kier molecular flexibility index (Phi) is 1.65. The summed E-state index contributed by atoms with van der Waals surface area (Å²) in [5, 5.41) is 2.12. The van der Waals surface area contributed by atoms with Gasteiger partial charge in [-0.1, -0.05) is 6.04 Å². The van der Waals surface area contributed by atoms with Gasteiger partial charge in [0.1, 0.15) is 6.61 Å². The quantitative estimate of drug-likeness (QED) is 0.887. The van der Waals surface area contributed by atoms with Crippen LogP contribution < -0.4 is 5.32 Å². The zero-order valence-corrected chi connectivity index (χ0v) is 11.3. The molecule has 0 bridgehead atoms. The molecule has 0 unspecified atom stereocenters. The van der Waals surface area contributed by atoms with Crippen LogP contribution in [-0.4, -0.2) is 49.1 Å². The molecule has 1 saturated heterocycles. The van der Waals surface area contributed by atoms with Gasteiger partial charge in [0.15, 0.2) is 0 Å². The van der Waals surface area contributed by atoms with Gasteiger partial charge in [-0.05, 0) is 50.0 Å². The highest BCUT2D eigenvalue weighted by atomic mass is 16.6. The summed E-state index contributed by atoms with van der Waals surface area (Å²) in [6.45, 7) is -5.61. The van der Waals surface area contributed by atoms with E-state index >= 15 is 0 Å². The van der Waals surface area contributed by atoms with E-state index in [9.17, 15) is 4.79 Å². The van der Waals surface area contributed by atoms with Crippen LogP contribution in [0, 0.1) is 0 Å². The van der Waals surface area contributed by atoms with E-state index in [-0.39, 0.29) is 29.2 Å². The molecule has 0 aliphatic carbocycles. The lowest BCUT2D eigenvalue weighted by atomic mass is 10.0. The topological polar surface area (TPSA) is 57.4 Å². The number of carbonyl (C=O) groups is 1. The molecule has 2 heterocycles. The zero-order chi connectivity index (χ0) is 24.4. The lowest BCUT2D eigenvalue weighted by Crippen LogP contribution is -2.28. The van der Waals surface area contributed by atoms with Crippen molar-refractivity contribution >= 4 is 17.0 Å². The molecule has 1 aromatic heterocycles. The van der Waals surface area contributed by atoms with Crippen molar-refractivity contribution in [3.63, 3.8) is 0 Å². The number of aromatic amines is 1. The number of likely N-dealkylation sites (N-methyl/N-ethyl adjacent to an activating group) is 1. The van der Waals surface area contributed by atoms with Crippen molar-refractivity contribution in [3.05, 3.63) is 35.4 Å². The van der Waals surface area contributed by atoms with E-state index in [1.165, 1.54) is 0 Å². The molecule has 0 radical (unpaired) electrons. The standard InChI is InChI=1S/C16H21N3O2/c1-19(2)6-5-12-9-17-15-4-3-11(8-14(12)15)7-13-10-21-16(20)18-13/h3-4,8-9,13,17H,5-7,10H2,1-2H3,(H,18,20)/t13-/m0/s1/i1D3,3D,4D,6D2,7D2,8D,9D. The Morgan fingerprint density at radius 3 is 3.29 bits per heavy atom. The first-order valence-corrected chi connectivity index (χ1v) is 6.28. The van der Waals surface area contributed by atoms with Gasteiger partial charge < -0.3 is 19.9 Å². The second kappa shape index (κ2) is 5.77. The third-order valence-corrected chi connectivity index (χ3v) is 2.94. The number of ether oxygens (including phenoxy) is 1. The largest absolute Gasteiger partial charge is 0.447 e. The SMILES string of the molecule is [2H]c1[nH]c2c([2H])c([2H])c(C([2H])([2H])[C@H]3COC(=O)N3)c([2H])c2c1CC([2H])([2H])N(C)C([2H])([2H])[2H]. The number of H-pyrrole nitrogens is 1. The summed E-state index contributed by atoms with van der Waals surface area (Å²) in [5.41, 5.74) is -0.766.